The van der Waals surface area contributed by atoms with Gasteiger partial charge >= 0.3 is 0 Å². The van der Waals surface area contributed by atoms with Crippen LogP contribution in [0.3, 0.4) is 0 Å². The van der Waals surface area contributed by atoms with Crippen LogP contribution in [0.1, 0.15) is 11.4 Å². The zero-order chi connectivity index (χ0) is 12.1. The smallest absolute Gasteiger partial charge is 0.102 e. The van der Waals surface area contributed by atoms with Crippen molar-refractivity contribution in [3.8, 4) is 0 Å². The van der Waals surface area contributed by atoms with Crippen LogP contribution < -0.4 is 5.32 Å². The largest absolute Gasteiger partial charge is 0.394 e. The first-order chi connectivity index (χ1) is 8.28. The number of aryl methyl sites for hydroxylation is 1. The molecule has 2 N–H and O–H groups in total. The fourth-order valence-electron chi connectivity index (χ4n) is 1.40. The standard InChI is InChI=1S/C11H15N5O/c1-9-2-3-10(6-12-9)13-7-11-8-16(4-5-17)15-14-11/h2-3,6,8,13,17H,4-5,7H2,1H3. The van der Waals surface area contributed by atoms with Crippen molar-refractivity contribution < 1.29 is 5.11 Å². The second-order valence-electron chi connectivity index (χ2n) is 3.74. The summed E-state index contributed by atoms with van der Waals surface area (Å²) in [6, 6.07) is 3.92. The molecule has 90 valence electrons. The van der Waals surface area contributed by atoms with E-state index in [1.54, 1.807) is 10.9 Å². The van der Waals surface area contributed by atoms with Crippen LogP contribution in [0.2, 0.25) is 0 Å². The van der Waals surface area contributed by atoms with Crippen LogP contribution >= 0.6 is 0 Å². The number of rotatable bonds is 5. The van der Waals surface area contributed by atoms with E-state index in [9.17, 15) is 0 Å². The maximum Gasteiger partial charge on any atom is 0.102 e. The van der Waals surface area contributed by atoms with Gasteiger partial charge in [0.15, 0.2) is 0 Å². The number of aliphatic hydroxyl groups is 1. The molecule has 0 radical (unpaired) electrons. The summed E-state index contributed by atoms with van der Waals surface area (Å²) in [5.74, 6) is 0. The highest BCUT2D eigenvalue weighted by atomic mass is 16.3. The number of nitrogens with one attached hydrogen (secondary N) is 1. The highest BCUT2D eigenvalue weighted by Crippen LogP contribution is 2.06. The molecule has 6 heteroatoms. The van der Waals surface area contributed by atoms with E-state index in [-0.39, 0.29) is 6.61 Å². The van der Waals surface area contributed by atoms with Crippen LogP contribution in [0.5, 0.6) is 0 Å². The van der Waals surface area contributed by atoms with Gasteiger partial charge in [-0.2, -0.15) is 0 Å². The van der Waals surface area contributed by atoms with E-state index in [1.165, 1.54) is 0 Å². The molecule has 0 aliphatic heterocycles. The van der Waals surface area contributed by atoms with E-state index < -0.39 is 0 Å². The van der Waals surface area contributed by atoms with Crippen LogP contribution in [0, 0.1) is 6.92 Å². The van der Waals surface area contributed by atoms with Gasteiger partial charge < -0.3 is 10.4 Å². The van der Waals surface area contributed by atoms with Crippen molar-refractivity contribution in [1.82, 2.24) is 20.0 Å². The predicted octanol–water partition coefficient (Wildman–Crippen LogP) is 0.586. The van der Waals surface area contributed by atoms with Gasteiger partial charge in [0.2, 0.25) is 0 Å². The van der Waals surface area contributed by atoms with E-state index in [0.29, 0.717) is 13.1 Å². The van der Waals surface area contributed by atoms with Gasteiger partial charge in [0.05, 0.1) is 37.8 Å². The van der Waals surface area contributed by atoms with E-state index in [4.69, 9.17) is 5.11 Å². The van der Waals surface area contributed by atoms with E-state index in [2.05, 4.69) is 20.6 Å². The van der Waals surface area contributed by atoms with Gasteiger partial charge in [-0.05, 0) is 19.1 Å². The topological polar surface area (TPSA) is 75.9 Å². The van der Waals surface area contributed by atoms with Gasteiger partial charge in [-0.25, -0.2) is 4.68 Å². The Hall–Kier alpha value is -1.95. The third-order valence-electron chi connectivity index (χ3n) is 2.30. The highest BCUT2D eigenvalue weighted by molar-refractivity contribution is 5.40. The lowest BCUT2D eigenvalue weighted by Crippen LogP contribution is -2.02. The molecule has 0 saturated carbocycles. The Morgan fingerprint density at radius 3 is 3.00 bits per heavy atom. The first-order valence-corrected chi connectivity index (χ1v) is 5.44. The van der Waals surface area contributed by atoms with Gasteiger partial charge in [-0.3, -0.25) is 4.98 Å². The minimum atomic E-state index is 0.0676. The van der Waals surface area contributed by atoms with Crippen LogP contribution in [0.4, 0.5) is 5.69 Å². The van der Waals surface area contributed by atoms with Gasteiger partial charge in [0.1, 0.15) is 5.69 Å². The second-order valence-corrected chi connectivity index (χ2v) is 3.74. The third-order valence-corrected chi connectivity index (χ3v) is 2.30. The van der Waals surface area contributed by atoms with E-state index >= 15 is 0 Å². The number of pyridine rings is 1. The van der Waals surface area contributed by atoms with Crippen molar-refractivity contribution >= 4 is 5.69 Å². The minimum Gasteiger partial charge on any atom is -0.394 e. The normalized spacial score (nSPS) is 10.5. The van der Waals surface area contributed by atoms with E-state index in [0.717, 1.165) is 17.1 Å². The molecular formula is C11H15N5O. The summed E-state index contributed by atoms with van der Waals surface area (Å²) in [6.07, 6.45) is 3.60. The number of nitrogens with zero attached hydrogens (tertiary/aromatic N) is 4. The number of anilines is 1. The Kier molecular flexibility index (Phi) is 3.66. The fourth-order valence-corrected chi connectivity index (χ4v) is 1.40. The molecule has 2 aromatic heterocycles. The lowest BCUT2D eigenvalue weighted by Gasteiger charge is -2.03. The average Bonchev–Trinajstić information content (AvgIpc) is 2.77. The Labute approximate surface area is 99.3 Å². The quantitative estimate of drug-likeness (QED) is 0.790. The van der Waals surface area contributed by atoms with Crippen LogP contribution in [0.25, 0.3) is 0 Å². The summed E-state index contributed by atoms with van der Waals surface area (Å²) in [7, 11) is 0. The maximum absolute atomic E-state index is 8.75. The molecular weight excluding hydrogens is 218 g/mol. The molecule has 0 amide bonds. The number of hydrogen-bond acceptors (Lipinski definition) is 5. The van der Waals surface area contributed by atoms with Crippen LogP contribution in [-0.2, 0) is 13.1 Å². The lowest BCUT2D eigenvalue weighted by atomic mass is 10.3. The Morgan fingerprint density at radius 1 is 1.41 bits per heavy atom. The molecule has 0 aliphatic rings. The second kappa shape index (κ2) is 5.40. The van der Waals surface area contributed by atoms with Crippen molar-refractivity contribution in [3.63, 3.8) is 0 Å². The molecule has 2 heterocycles. The number of aliphatic hydroxyl groups excluding tert-OH is 1. The van der Waals surface area contributed by atoms with Crippen LogP contribution in [0.15, 0.2) is 24.5 Å². The zero-order valence-corrected chi connectivity index (χ0v) is 9.67. The van der Waals surface area contributed by atoms with Gasteiger partial charge in [0, 0.05) is 5.69 Å². The average molecular weight is 233 g/mol. The molecule has 2 aromatic rings. The first-order valence-electron chi connectivity index (χ1n) is 5.44. The van der Waals surface area contributed by atoms with Crippen molar-refractivity contribution in [1.29, 1.82) is 0 Å². The summed E-state index contributed by atoms with van der Waals surface area (Å²) in [5, 5.41) is 19.8. The van der Waals surface area contributed by atoms with Gasteiger partial charge in [0.25, 0.3) is 0 Å². The molecule has 0 saturated heterocycles. The summed E-state index contributed by atoms with van der Waals surface area (Å²) in [6.45, 7) is 3.08. The maximum atomic E-state index is 8.75. The molecule has 0 aliphatic carbocycles. The van der Waals surface area contributed by atoms with Crippen molar-refractivity contribution in [3.05, 3.63) is 35.9 Å². The molecule has 0 bridgehead atoms. The van der Waals surface area contributed by atoms with E-state index in [1.807, 2.05) is 25.3 Å². The predicted molar refractivity (Wildman–Crippen MR) is 63.4 cm³/mol. The fraction of sp³-hybridized carbons (Fsp3) is 0.364. The summed E-state index contributed by atoms with van der Waals surface area (Å²) < 4.78 is 1.62. The van der Waals surface area contributed by atoms with Gasteiger partial charge in [-0.1, -0.05) is 5.21 Å². The third kappa shape index (κ3) is 3.25. The van der Waals surface area contributed by atoms with Crippen LogP contribution in [-0.4, -0.2) is 31.7 Å². The zero-order valence-electron chi connectivity index (χ0n) is 9.67. The minimum absolute atomic E-state index is 0.0676. The molecule has 2 rings (SSSR count). The molecule has 0 fully saturated rings. The summed E-state index contributed by atoms with van der Waals surface area (Å²) in [4.78, 5) is 4.19. The Bertz CT molecular complexity index is 465. The Balaban J connectivity index is 1.90. The molecule has 0 spiro atoms. The number of hydrogen-bond donors (Lipinski definition) is 2. The highest BCUT2D eigenvalue weighted by Gasteiger charge is 2.00. The lowest BCUT2D eigenvalue weighted by molar-refractivity contribution is 0.268. The summed E-state index contributed by atoms with van der Waals surface area (Å²) in [5.41, 5.74) is 2.77. The summed E-state index contributed by atoms with van der Waals surface area (Å²) >= 11 is 0. The van der Waals surface area contributed by atoms with Crippen molar-refractivity contribution in [2.24, 2.45) is 0 Å². The molecule has 17 heavy (non-hydrogen) atoms. The number of aromatic nitrogens is 4. The molecule has 0 unspecified atom stereocenters. The van der Waals surface area contributed by atoms with Crippen molar-refractivity contribution in [2.45, 2.75) is 20.0 Å². The van der Waals surface area contributed by atoms with Gasteiger partial charge in [-0.15, -0.1) is 5.10 Å². The monoisotopic (exact) mass is 233 g/mol. The first kappa shape index (κ1) is 11.5. The van der Waals surface area contributed by atoms with Crippen molar-refractivity contribution in [2.75, 3.05) is 11.9 Å². The molecule has 0 atom stereocenters. The SMILES string of the molecule is Cc1ccc(NCc2cn(CCO)nn2)cn1. The molecule has 0 aromatic carbocycles. The Morgan fingerprint density at radius 2 is 2.29 bits per heavy atom. The molecule has 6 nitrogen and oxygen atoms in total.